The fraction of sp³-hybridized carbons (Fsp3) is 0.226. The fourth-order valence-corrected chi connectivity index (χ4v) is 6.10. The lowest BCUT2D eigenvalue weighted by molar-refractivity contribution is 0.0941. The Hall–Kier alpha value is -3.71. The third-order valence-corrected chi connectivity index (χ3v) is 8.70. The van der Waals surface area contributed by atoms with Crippen molar-refractivity contribution in [3.63, 3.8) is 0 Å². The van der Waals surface area contributed by atoms with Crippen LogP contribution in [-0.4, -0.2) is 54.5 Å². The Kier molecular flexibility index (Phi) is 10.0. The van der Waals surface area contributed by atoms with Gasteiger partial charge in [0, 0.05) is 42.1 Å². The van der Waals surface area contributed by atoms with Gasteiger partial charge in [-0.05, 0) is 45.7 Å². The molecule has 0 radical (unpaired) electrons. The molecule has 0 fully saturated rings. The minimum Gasteiger partial charge on any atom is -0.488 e. The third-order valence-electron chi connectivity index (χ3n) is 6.79. The molecule has 0 spiro atoms. The van der Waals surface area contributed by atoms with E-state index in [4.69, 9.17) is 42.4 Å². The second kappa shape index (κ2) is 13.9. The van der Waals surface area contributed by atoms with Crippen LogP contribution in [0.15, 0.2) is 82.3 Å². The van der Waals surface area contributed by atoms with Crippen LogP contribution < -0.4 is 14.8 Å². The predicted molar refractivity (Wildman–Crippen MR) is 167 cm³/mol. The molecule has 5 rings (SSSR count). The lowest BCUT2D eigenvalue weighted by Gasteiger charge is -2.18. The Morgan fingerprint density at radius 2 is 1.68 bits per heavy atom. The Bertz CT molecular complexity index is 1870. The van der Waals surface area contributed by atoms with Gasteiger partial charge in [-0.2, -0.15) is 0 Å². The van der Waals surface area contributed by atoms with Crippen LogP contribution in [0.5, 0.6) is 11.5 Å². The van der Waals surface area contributed by atoms with Crippen molar-refractivity contribution in [2.24, 2.45) is 0 Å². The topological polar surface area (TPSA) is 144 Å². The van der Waals surface area contributed by atoms with Crippen molar-refractivity contribution < 1.29 is 32.7 Å². The van der Waals surface area contributed by atoms with E-state index >= 15 is 0 Å². The maximum atomic E-state index is 12.7. The summed E-state index contributed by atoms with van der Waals surface area (Å²) in [4.78, 5) is 0.0516. The molecule has 0 amide bonds. The van der Waals surface area contributed by atoms with Crippen molar-refractivity contribution in [1.82, 2.24) is 15.6 Å². The van der Waals surface area contributed by atoms with Crippen molar-refractivity contribution in [2.75, 3.05) is 19.4 Å². The molecule has 0 bridgehead atoms. The second-order valence-corrected chi connectivity index (χ2v) is 12.8. The number of aromatic nitrogens is 2. The zero-order valence-electron chi connectivity index (χ0n) is 23.5. The summed E-state index contributed by atoms with van der Waals surface area (Å²) in [6, 6.07) is 21.3. The summed E-state index contributed by atoms with van der Waals surface area (Å²) >= 11 is 13.4. The van der Waals surface area contributed by atoms with Crippen LogP contribution >= 0.6 is 23.2 Å². The molecular weight excluding hydrogens is 629 g/mol. The van der Waals surface area contributed by atoms with Gasteiger partial charge >= 0.3 is 0 Å². The zero-order chi connectivity index (χ0) is 31.3. The monoisotopic (exact) mass is 657 g/mol. The molecule has 230 valence electrons. The maximum Gasteiger partial charge on any atom is 0.175 e. The number of hydrogen-bond acceptors (Lipinski definition) is 10. The van der Waals surface area contributed by atoms with Gasteiger partial charge in [-0.1, -0.05) is 65.7 Å². The summed E-state index contributed by atoms with van der Waals surface area (Å²) < 4.78 is 42.4. The van der Waals surface area contributed by atoms with Gasteiger partial charge in [0.05, 0.1) is 27.7 Å². The number of sulfone groups is 1. The van der Waals surface area contributed by atoms with E-state index in [1.807, 2.05) is 36.4 Å². The second-order valence-electron chi connectivity index (χ2n) is 10.1. The average Bonchev–Trinajstić information content (AvgIpc) is 3.48. The molecule has 1 aromatic heterocycles. The molecule has 13 heteroatoms. The first kappa shape index (κ1) is 31.7. The smallest absolute Gasteiger partial charge is 0.175 e. The molecule has 4 aromatic carbocycles. The number of halogens is 2. The van der Waals surface area contributed by atoms with Gasteiger partial charge in [0.1, 0.15) is 35.7 Å². The number of rotatable bonds is 13. The Morgan fingerprint density at radius 3 is 2.43 bits per heavy atom. The van der Waals surface area contributed by atoms with Crippen LogP contribution in [0.3, 0.4) is 0 Å². The molecule has 5 aromatic rings. The largest absolute Gasteiger partial charge is 0.488 e. The number of ether oxygens (including phenoxy) is 2. The van der Waals surface area contributed by atoms with E-state index in [0.29, 0.717) is 33.5 Å². The highest BCUT2D eigenvalue weighted by molar-refractivity contribution is 7.90. The SMILES string of the molecule is CS(=O)(=O)c1ccc(-c2ccccc2)c(Cl)c1COc1cc(OCc2ccc3nonc3c2)c(CNCC(O)CO)cc1Cl. The lowest BCUT2D eigenvalue weighted by Crippen LogP contribution is -2.29. The number of fused-ring (bicyclic) bond motifs is 1. The van der Waals surface area contributed by atoms with Gasteiger partial charge in [-0.25, -0.2) is 13.0 Å². The number of benzene rings is 4. The van der Waals surface area contributed by atoms with Crippen LogP contribution in [0.4, 0.5) is 0 Å². The summed E-state index contributed by atoms with van der Waals surface area (Å²) in [7, 11) is -3.64. The van der Waals surface area contributed by atoms with E-state index < -0.39 is 15.9 Å². The zero-order valence-corrected chi connectivity index (χ0v) is 25.9. The van der Waals surface area contributed by atoms with Crippen LogP contribution in [0.1, 0.15) is 16.7 Å². The summed E-state index contributed by atoms with van der Waals surface area (Å²) in [5.74, 6) is 0.679. The first-order valence-electron chi connectivity index (χ1n) is 13.5. The molecule has 0 aliphatic heterocycles. The third kappa shape index (κ3) is 7.49. The predicted octanol–water partition coefficient (Wildman–Crippen LogP) is 5.20. The normalized spacial score (nSPS) is 12.4. The summed E-state index contributed by atoms with van der Waals surface area (Å²) in [5, 5.41) is 30.1. The van der Waals surface area contributed by atoms with E-state index in [2.05, 4.69) is 15.6 Å². The minimum absolute atomic E-state index is 0.0516. The first-order chi connectivity index (χ1) is 21.1. The van der Waals surface area contributed by atoms with Gasteiger partial charge in [-0.15, -0.1) is 0 Å². The Labute approximate surface area is 264 Å². The molecule has 0 saturated heterocycles. The quantitative estimate of drug-likeness (QED) is 0.154. The van der Waals surface area contributed by atoms with Crippen molar-refractivity contribution >= 4 is 44.1 Å². The number of aliphatic hydroxyl groups is 2. The van der Waals surface area contributed by atoms with Gasteiger partial charge in [0.15, 0.2) is 9.84 Å². The first-order valence-corrected chi connectivity index (χ1v) is 16.1. The fourth-order valence-electron chi connectivity index (χ4n) is 4.55. The minimum atomic E-state index is -3.64. The van der Waals surface area contributed by atoms with Gasteiger partial charge < -0.3 is 25.0 Å². The number of hydrogen-bond donors (Lipinski definition) is 3. The van der Waals surface area contributed by atoms with Gasteiger partial charge in [-0.3, -0.25) is 0 Å². The molecule has 44 heavy (non-hydrogen) atoms. The van der Waals surface area contributed by atoms with E-state index in [1.165, 1.54) is 6.07 Å². The highest BCUT2D eigenvalue weighted by atomic mass is 35.5. The van der Waals surface area contributed by atoms with E-state index in [9.17, 15) is 13.5 Å². The Balaban J connectivity index is 1.44. The number of aliphatic hydroxyl groups excluding tert-OH is 2. The maximum absolute atomic E-state index is 12.7. The lowest BCUT2D eigenvalue weighted by atomic mass is 10.0. The van der Waals surface area contributed by atoms with Gasteiger partial charge in [0.2, 0.25) is 0 Å². The summed E-state index contributed by atoms with van der Waals surface area (Å²) in [5.41, 5.74) is 4.47. The van der Waals surface area contributed by atoms with Crippen molar-refractivity contribution in [2.45, 2.75) is 30.8 Å². The molecule has 0 saturated carbocycles. The van der Waals surface area contributed by atoms with E-state index in [0.717, 1.165) is 17.4 Å². The molecule has 1 atom stereocenters. The number of nitrogens with zero attached hydrogens (tertiary/aromatic N) is 2. The van der Waals surface area contributed by atoms with E-state index in [1.54, 1.807) is 30.3 Å². The van der Waals surface area contributed by atoms with Crippen LogP contribution in [0.25, 0.3) is 22.2 Å². The van der Waals surface area contributed by atoms with Crippen molar-refractivity contribution in [1.29, 1.82) is 0 Å². The van der Waals surface area contributed by atoms with Crippen LogP contribution in [-0.2, 0) is 29.6 Å². The van der Waals surface area contributed by atoms with Crippen molar-refractivity contribution in [3.8, 4) is 22.6 Å². The van der Waals surface area contributed by atoms with E-state index in [-0.39, 0.29) is 53.6 Å². The number of nitrogens with one attached hydrogen (secondary N) is 1. The summed E-state index contributed by atoms with van der Waals surface area (Å²) in [6.45, 7) is 0.0112. The molecular formula is C31H29Cl2N3O7S. The molecule has 1 unspecified atom stereocenters. The van der Waals surface area contributed by atoms with Gasteiger partial charge in [0.25, 0.3) is 0 Å². The summed E-state index contributed by atoms with van der Waals surface area (Å²) in [6.07, 6.45) is 0.186. The standard InChI is InChI=1S/C31H29Cl2N3O7S/c1-44(39,40)30-10-8-23(20-5-3-2-4-6-20)31(33)24(30)18-42-29-13-28(21(12-25(29)32)14-34-15-22(38)16-37)41-17-19-7-9-26-27(11-19)36-43-35-26/h2-13,22,34,37-38H,14-18H2,1H3. The molecule has 10 nitrogen and oxygen atoms in total. The van der Waals surface area contributed by atoms with Crippen LogP contribution in [0, 0.1) is 0 Å². The molecule has 0 aliphatic carbocycles. The highest BCUT2D eigenvalue weighted by Crippen LogP contribution is 2.38. The Morgan fingerprint density at radius 1 is 0.932 bits per heavy atom. The van der Waals surface area contributed by atoms with Crippen molar-refractivity contribution in [3.05, 3.63) is 99.5 Å². The molecule has 1 heterocycles. The molecule has 0 aliphatic rings. The molecule has 3 N–H and O–H groups in total. The average molecular weight is 659 g/mol. The highest BCUT2D eigenvalue weighted by Gasteiger charge is 2.21. The van der Waals surface area contributed by atoms with Crippen LogP contribution in [0.2, 0.25) is 10.0 Å².